The standard InChI is InChI=1S/C73H48O3/c1-5-27-16-32-20-36-22-35-19-31-15-25(2)26(3)43-46(31)60-50(35)63-51(36)61-47(32)53-37(27)12-13-38-28-9-7-6-8-10-29-17-33-21-34-18-30-11-14-41-52-40(24-42-57-70(73(41,42)4)72(75)76-71(57)74)55(43)64-59(45(30)52)49(34)62-48(33)58-44(29)39(23-28)56(54(38)53)65(61)66(58)68(63)69(62)67(60)64/h5,10-11,14-22,24-26,28,37-38,42,53-54,57,70H,1,6-9,12-13,23H2,2-4H3/b29-10+. The average Bonchev–Trinajstić information content (AvgIpc) is 3.79. The highest BCUT2D eigenvalue weighted by atomic mass is 16.6. The largest absolute Gasteiger partial charge is 0.393 e. The van der Waals surface area contributed by atoms with Crippen LogP contribution in [0.25, 0.3) is 164 Å². The maximum Gasteiger partial charge on any atom is 0.318 e. The van der Waals surface area contributed by atoms with Gasteiger partial charge in [-0.15, -0.1) is 0 Å². The molecule has 1 heterocycles. The van der Waals surface area contributed by atoms with E-state index in [2.05, 4.69) is 106 Å². The Kier molecular flexibility index (Phi) is 5.64. The number of hydrogen-bond acceptors (Lipinski definition) is 3. The Morgan fingerprint density at radius 1 is 0.579 bits per heavy atom. The molecule has 3 nitrogen and oxygen atoms in total. The number of carbonyl (C=O) groups is 2. The summed E-state index contributed by atoms with van der Waals surface area (Å²) < 4.78 is 5.59. The van der Waals surface area contributed by atoms with Crippen molar-refractivity contribution in [3.05, 3.63) is 116 Å². The van der Waals surface area contributed by atoms with E-state index in [1.165, 1.54) is 190 Å². The summed E-state index contributed by atoms with van der Waals surface area (Å²) in [5.74, 6) is 1.68. The summed E-state index contributed by atoms with van der Waals surface area (Å²) in [5, 5.41) is 42.1. The first kappa shape index (κ1) is 38.2. The lowest BCUT2D eigenvalue weighted by Crippen LogP contribution is -2.60. The van der Waals surface area contributed by atoms with Crippen molar-refractivity contribution in [2.45, 2.75) is 88.9 Å². The third-order valence-electron chi connectivity index (χ3n) is 24.8. The van der Waals surface area contributed by atoms with Gasteiger partial charge in [-0.05, 0) is 311 Å². The SMILES string of the molecule is C=CC1=Cc2cc3cc4cc5c6c(c7c8c9c(ccc%10cc%11cc%12c/c%13c%14c%15c%16c%17c(c2C2C1CCC(C(CCCC/C=%13)C%15)C%162)c3c1c4c6c2c7c(c%109)c%11c3c%12c%14c%17c1c32)C1(C)C(C=8)C2C(=O)OC(=O)C21)C(C)C(C)C=5. The van der Waals surface area contributed by atoms with Crippen molar-refractivity contribution in [1.82, 2.24) is 0 Å². The molecule has 9 aliphatic rings. The normalized spacial score (nSPS) is 31.3. The minimum atomic E-state index is -0.538. The van der Waals surface area contributed by atoms with Crippen molar-refractivity contribution < 1.29 is 14.3 Å². The summed E-state index contributed by atoms with van der Waals surface area (Å²) in [5.41, 5.74) is 10.2. The summed E-state index contributed by atoms with van der Waals surface area (Å²) in [6.07, 6.45) is 21.4. The predicted octanol–water partition coefficient (Wildman–Crippen LogP) is 15.3. The monoisotopic (exact) mass is 972 g/mol. The molecule has 11 atom stereocenters. The Morgan fingerprint density at radius 3 is 2.04 bits per heavy atom. The Balaban J connectivity index is 1.09. The van der Waals surface area contributed by atoms with E-state index in [0.29, 0.717) is 35.5 Å². The van der Waals surface area contributed by atoms with Crippen LogP contribution in [0.2, 0.25) is 0 Å². The molecule has 1 aliphatic heterocycles. The number of benzene rings is 14. The first-order chi connectivity index (χ1) is 37.2. The lowest BCUT2D eigenvalue weighted by molar-refractivity contribution is -0.153. The third-order valence-corrected chi connectivity index (χ3v) is 24.8. The molecule has 1 saturated heterocycles. The molecule has 14 aromatic rings. The average molecular weight is 973 g/mol. The zero-order valence-corrected chi connectivity index (χ0v) is 42.7. The molecule has 3 fully saturated rings. The predicted molar refractivity (Wildman–Crippen MR) is 312 cm³/mol. The molecule has 2 saturated carbocycles. The van der Waals surface area contributed by atoms with Gasteiger partial charge in [-0.3, -0.25) is 9.59 Å². The number of fused-ring (bicyclic) bond motifs is 9. The summed E-state index contributed by atoms with van der Waals surface area (Å²) in [6, 6.07) is 20.5. The van der Waals surface area contributed by atoms with Crippen LogP contribution in [0.1, 0.15) is 110 Å². The molecule has 8 aliphatic carbocycles. The van der Waals surface area contributed by atoms with E-state index < -0.39 is 17.3 Å². The van der Waals surface area contributed by atoms with Crippen LogP contribution in [-0.4, -0.2) is 11.9 Å². The minimum Gasteiger partial charge on any atom is -0.393 e. The van der Waals surface area contributed by atoms with Gasteiger partial charge in [-0.1, -0.05) is 76.3 Å². The van der Waals surface area contributed by atoms with Crippen molar-refractivity contribution in [3.8, 4) is 0 Å². The Morgan fingerprint density at radius 2 is 1.24 bits per heavy atom. The number of carbonyl (C=O) groups excluding carboxylic acids is 2. The zero-order valence-electron chi connectivity index (χ0n) is 42.7. The molecule has 0 aromatic heterocycles. The fourth-order valence-corrected chi connectivity index (χ4v) is 22.3. The highest BCUT2D eigenvalue weighted by Gasteiger charge is 2.71. The quantitative estimate of drug-likeness (QED) is 0.0712. The Bertz CT molecular complexity index is 5590. The van der Waals surface area contributed by atoms with E-state index >= 15 is 0 Å². The van der Waals surface area contributed by atoms with Gasteiger partial charge < -0.3 is 4.74 Å². The maximum absolute atomic E-state index is 13.8. The summed E-state index contributed by atoms with van der Waals surface area (Å²) >= 11 is 0. The first-order valence-electron chi connectivity index (χ1n) is 29.2. The van der Waals surface area contributed by atoms with E-state index in [4.69, 9.17) is 4.74 Å². The Hall–Kier alpha value is -7.36. The summed E-state index contributed by atoms with van der Waals surface area (Å²) in [7, 11) is 0. The first-order valence-corrected chi connectivity index (χ1v) is 29.2. The molecule has 0 N–H and O–H groups in total. The third kappa shape index (κ3) is 3.40. The molecule has 3 heteroatoms. The molecule has 23 rings (SSSR count). The molecule has 358 valence electrons. The Labute approximate surface area is 434 Å². The smallest absolute Gasteiger partial charge is 0.318 e. The van der Waals surface area contributed by atoms with Crippen LogP contribution >= 0.6 is 0 Å². The van der Waals surface area contributed by atoms with Crippen LogP contribution in [0.3, 0.4) is 0 Å². The lowest BCUT2D eigenvalue weighted by atomic mass is 9.44. The molecule has 0 spiro atoms. The summed E-state index contributed by atoms with van der Waals surface area (Å²) in [6.45, 7) is 11.8. The van der Waals surface area contributed by atoms with Gasteiger partial charge in [0.2, 0.25) is 0 Å². The second-order valence-electron chi connectivity index (χ2n) is 27.0. The van der Waals surface area contributed by atoms with Crippen LogP contribution < -0.4 is 15.7 Å². The van der Waals surface area contributed by atoms with Crippen molar-refractivity contribution in [2.75, 3.05) is 0 Å². The van der Waals surface area contributed by atoms with Crippen LogP contribution in [0.4, 0.5) is 0 Å². The fourth-order valence-electron chi connectivity index (χ4n) is 22.3. The highest BCUT2D eigenvalue weighted by molar-refractivity contribution is 6.61. The van der Waals surface area contributed by atoms with E-state index in [1.807, 2.05) is 0 Å². The summed E-state index contributed by atoms with van der Waals surface area (Å²) in [4.78, 5) is 27.7. The molecule has 11 unspecified atom stereocenters. The van der Waals surface area contributed by atoms with Gasteiger partial charge in [-0.25, -0.2) is 0 Å². The maximum atomic E-state index is 13.8. The van der Waals surface area contributed by atoms with Gasteiger partial charge in [0.1, 0.15) is 0 Å². The number of allylic oxidation sites excluding steroid dienone is 2. The molecular formula is C73H48O3. The molecule has 0 amide bonds. The van der Waals surface area contributed by atoms with Gasteiger partial charge in [-0.2, -0.15) is 0 Å². The van der Waals surface area contributed by atoms with Crippen LogP contribution in [0.15, 0.2) is 66.8 Å². The van der Waals surface area contributed by atoms with Gasteiger partial charge >= 0.3 is 11.9 Å². The van der Waals surface area contributed by atoms with E-state index in [1.54, 1.807) is 43.6 Å². The van der Waals surface area contributed by atoms with Crippen LogP contribution in [-0.2, 0) is 26.2 Å². The number of cyclic esters (lactones) is 2. The van der Waals surface area contributed by atoms with Crippen molar-refractivity contribution >= 4 is 176 Å². The topological polar surface area (TPSA) is 43.4 Å². The number of rotatable bonds is 1. The fraction of sp³-hybridized carbons (Fsp3) is 0.288. The second kappa shape index (κ2) is 11.2. The van der Waals surface area contributed by atoms with Gasteiger partial charge in [0.15, 0.2) is 0 Å². The second-order valence-corrected chi connectivity index (χ2v) is 27.0. The molecule has 2 bridgehead atoms. The minimum absolute atomic E-state index is 0.126. The van der Waals surface area contributed by atoms with Crippen molar-refractivity contribution in [2.24, 2.45) is 41.4 Å². The van der Waals surface area contributed by atoms with Gasteiger partial charge in [0.25, 0.3) is 0 Å². The van der Waals surface area contributed by atoms with E-state index in [-0.39, 0.29) is 23.8 Å². The van der Waals surface area contributed by atoms with Gasteiger partial charge in [0, 0.05) is 11.3 Å². The van der Waals surface area contributed by atoms with Crippen LogP contribution in [0, 0.1) is 41.4 Å². The molecule has 14 aromatic carbocycles. The number of hydrogen-bond donors (Lipinski definition) is 0. The molecular weight excluding hydrogens is 925 g/mol. The zero-order chi connectivity index (χ0) is 49.1. The lowest BCUT2D eigenvalue weighted by Gasteiger charge is -2.55. The number of esters is 2. The highest BCUT2D eigenvalue weighted by Crippen LogP contribution is 2.71. The molecule has 0 radical (unpaired) electrons. The molecule has 76 heavy (non-hydrogen) atoms. The van der Waals surface area contributed by atoms with Crippen LogP contribution in [0.5, 0.6) is 0 Å². The van der Waals surface area contributed by atoms with Crippen molar-refractivity contribution in [3.63, 3.8) is 0 Å². The number of ether oxygens (including phenoxy) is 1. The van der Waals surface area contributed by atoms with E-state index in [9.17, 15) is 9.59 Å². The van der Waals surface area contributed by atoms with E-state index in [0.717, 1.165) is 6.42 Å². The van der Waals surface area contributed by atoms with Gasteiger partial charge in [0.05, 0.1) is 11.8 Å². The van der Waals surface area contributed by atoms with Crippen molar-refractivity contribution in [1.29, 1.82) is 0 Å².